The van der Waals surface area contributed by atoms with Gasteiger partial charge in [0.2, 0.25) is 0 Å². The predicted octanol–water partition coefficient (Wildman–Crippen LogP) is 3.30. The molecule has 0 atom stereocenters. The van der Waals surface area contributed by atoms with Crippen molar-refractivity contribution in [2.24, 2.45) is 0 Å². The SMILES string of the molecule is C=CCC1=C[CH]c2ccccc2C1. The molecule has 65 valence electrons. The Bertz CT molecular complexity index is 345. The quantitative estimate of drug-likeness (QED) is 0.596. The molecule has 1 aromatic carbocycles. The normalized spacial score (nSPS) is 14.6. The molecule has 0 heterocycles. The summed E-state index contributed by atoms with van der Waals surface area (Å²) in [6.07, 6.45) is 8.46. The van der Waals surface area contributed by atoms with Gasteiger partial charge in [-0.05, 0) is 24.0 Å². The predicted molar refractivity (Wildman–Crippen MR) is 56.4 cm³/mol. The van der Waals surface area contributed by atoms with E-state index in [1.54, 1.807) is 0 Å². The highest BCUT2D eigenvalue weighted by atomic mass is 14.1. The van der Waals surface area contributed by atoms with Gasteiger partial charge in [-0.1, -0.05) is 42.0 Å². The van der Waals surface area contributed by atoms with Crippen LogP contribution in [-0.4, -0.2) is 0 Å². The minimum atomic E-state index is 1.00. The van der Waals surface area contributed by atoms with E-state index in [0.29, 0.717) is 0 Å². The van der Waals surface area contributed by atoms with Crippen LogP contribution in [0.3, 0.4) is 0 Å². The molecule has 0 aromatic heterocycles. The molecule has 1 aliphatic carbocycles. The van der Waals surface area contributed by atoms with Crippen molar-refractivity contribution in [3.05, 3.63) is 66.1 Å². The molecule has 1 radical (unpaired) electrons. The highest BCUT2D eigenvalue weighted by Gasteiger charge is 2.08. The second kappa shape index (κ2) is 3.61. The van der Waals surface area contributed by atoms with Gasteiger partial charge >= 0.3 is 0 Å². The van der Waals surface area contributed by atoms with Crippen molar-refractivity contribution >= 4 is 0 Å². The lowest BCUT2D eigenvalue weighted by atomic mass is 9.90. The van der Waals surface area contributed by atoms with Crippen molar-refractivity contribution in [3.8, 4) is 0 Å². The minimum absolute atomic E-state index is 1.00. The molecule has 1 aromatic rings. The summed E-state index contributed by atoms with van der Waals surface area (Å²) in [6, 6.07) is 8.55. The lowest BCUT2D eigenvalue weighted by molar-refractivity contribution is 1.03. The van der Waals surface area contributed by atoms with Gasteiger partial charge in [0.15, 0.2) is 0 Å². The summed E-state index contributed by atoms with van der Waals surface area (Å²) in [5.74, 6) is 0. The van der Waals surface area contributed by atoms with E-state index in [0.717, 1.165) is 12.8 Å². The Balaban J connectivity index is 2.22. The zero-order valence-electron chi connectivity index (χ0n) is 7.66. The van der Waals surface area contributed by atoms with Crippen LogP contribution in [0.2, 0.25) is 0 Å². The maximum absolute atomic E-state index is 3.76. The summed E-state index contributed by atoms with van der Waals surface area (Å²) in [7, 11) is 0. The van der Waals surface area contributed by atoms with Gasteiger partial charge in [0.1, 0.15) is 0 Å². The first kappa shape index (κ1) is 8.31. The topological polar surface area (TPSA) is 0 Å². The number of allylic oxidation sites excluding steroid dienone is 3. The van der Waals surface area contributed by atoms with Gasteiger partial charge in [0, 0.05) is 6.42 Å². The molecule has 0 nitrogen and oxygen atoms in total. The second-order valence-electron chi connectivity index (χ2n) is 3.36. The van der Waals surface area contributed by atoms with Crippen LogP contribution in [0.1, 0.15) is 17.5 Å². The Morgan fingerprint density at radius 3 is 3.00 bits per heavy atom. The smallest absolute Gasteiger partial charge is 0.0127 e. The largest absolute Gasteiger partial charge is 0.103 e. The Morgan fingerprint density at radius 1 is 1.31 bits per heavy atom. The third kappa shape index (κ3) is 1.72. The number of rotatable bonds is 2. The molecule has 0 saturated carbocycles. The third-order valence-electron chi connectivity index (χ3n) is 2.38. The van der Waals surface area contributed by atoms with Crippen LogP contribution in [-0.2, 0) is 6.42 Å². The van der Waals surface area contributed by atoms with Gasteiger partial charge in [-0.2, -0.15) is 0 Å². The van der Waals surface area contributed by atoms with Crippen LogP contribution in [0.25, 0.3) is 0 Å². The maximum Gasteiger partial charge on any atom is 0.0127 e. The Hall–Kier alpha value is -1.30. The molecule has 0 unspecified atom stereocenters. The molecular formula is C13H13. The average molecular weight is 169 g/mol. The number of benzene rings is 1. The summed E-state index contributed by atoms with van der Waals surface area (Å²) in [5, 5.41) is 0. The number of hydrogen-bond acceptors (Lipinski definition) is 0. The number of hydrogen-bond donors (Lipinski definition) is 0. The molecule has 0 N–H and O–H groups in total. The van der Waals surface area contributed by atoms with Crippen LogP contribution in [0, 0.1) is 6.42 Å². The van der Waals surface area contributed by atoms with Gasteiger partial charge in [-0.3, -0.25) is 0 Å². The summed E-state index contributed by atoms with van der Waals surface area (Å²) in [4.78, 5) is 0. The van der Waals surface area contributed by atoms with Crippen molar-refractivity contribution in [1.29, 1.82) is 0 Å². The van der Waals surface area contributed by atoms with Crippen LogP contribution >= 0.6 is 0 Å². The molecule has 0 fully saturated rings. The Labute approximate surface area is 79.6 Å². The molecule has 1 aliphatic rings. The van der Waals surface area contributed by atoms with Crippen LogP contribution in [0.15, 0.2) is 48.6 Å². The van der Waals surface area contributed by atoms with Crippen LogP contribution in [0.5, 0.6) is 0 Å². The summed E-state index contributed by atoms with van der Waals surface area (Å²) in [5.41, 5.74) is 4.24. The molecule has 0 spiro atoms. The molecule has 0 saturated heterocycles. The Morgan fingerprint density at radius 2 is 2.15 bits per heavy atom. The molecule has 13 heavy (non-hydrogen) atoms. The highest BCUT2D eigenvalue weighted by molar-refractivity contribution is 5.43. The fourth-order valence-corrected chi connectivity index (χ4v) is 1.69. The Kier molecular flexibility index (Phi) is 2.31. The lowest BCUT2D eigenvalue weighted by Gasteiger charge is -2.15. The molecule has 2 rings (SSSR count). The third-order valence-corrected chi connectivity index (χ3v) is 2.38. The molecule has 0 amide bonds. The highest BCUT2D eigenvalue weighted by Crippen LogP contribution is 2.23. The average Bonchev–Trinajstić information content (AvgIpc) is 2.18. The standard InChI is InChI=1S/C13H13/c1-2-5-11-8-9-12-6-3-4-7-13(12)10-11/h2-4,6-9H,1,5,10H2. The van der Waals surface area contributed by atoms with Gasteiger partial charge in [0.05, 0.1) is 0 Å². The lowest BCUT2D eigenvalue weighted by Crippen LogP contribution is -2.00. The van der Waals surface area contributed by atoms with E-state index in [-0.39, 0.29) is 0 Å². The maximum atomic E-state index is 3.76. The fraction of sp³-hybridized carbons (Fsp3) is 0.154. The van der Waals surface area contributed by atoms with E-state index in [1.807, 2.05) is 6.08 Å². The summed E-state index contributed by atoms with van der Waals surface area (Å²) >= 11 is 0. The van der Waals surface area contributed by atoms with Gasteiger partial charge in [0.25, 0.3) is 0 Å². The minimum Gasteiger partial charge on any atom is -0.103 e. The van der Waals surface area contributed by atoms with Crippen molar-refractivity contribution < 1.29 is 0 Å². The van der Waals surface area contributed by atoms with Gasteiger partial charge < -0.3 is 0 Å². The summed E-state index contributed by atoms with van der Waals surface area (Å²) in [6.45, 7) is 3.76. The molecule has 0 heteroatoms. The molecule has 0 aliphatic heterocycles. The van der Waals surface area contributed by atoms with Crippen molar-refractivity contribution in [3.63, 3.8) is 0 Å². The zero-order valence-corrected chi connectivity index (χ0v) is 7.66. The first-order chi connectivity index (χ1) is 6.40. The summed E-state index contributed by atoms with van der Waals surface area (Å²) < 4.78 is 0. The first-order valence-electron chi connectivity index (χ1n) is 4.62. The number of fused-ring (bicyclic) bond motifs is 1. The van der Waals surface area contributed by atoms with E-state index in [2.05, 4.69) is 43.3 Å². The van der Waals surface area contributed by atoms with E-state index in [1.165, 1.54) is 16.7 Å². The van der Waals surface area contributed by atoms with Crippen LogP contribution < -0.4 is 0 Å². The van der Waals surface area contributed by atoms with Crippen molar-refractivity contribution in [2.75, 3.05) is 0 Å². The van der Waals surface area contributed by atoms with E-state index in [9.17, 15) is 0 Å². The molecular weight excluding hydrogens is 156 g/mol. The van der Waals surface area contributed by atoms with E-state index >= 15 is 0 Å². The first-order valence-corrected chi connectivity index (χ1v) is 4.62. The fourth-order valence-electron chi connectivity index (χ4n) is 1.69. The monoisotopic (exact) mass is 169 g/mol. The van der Waals surface area contributed by atoms with E-state index < -0.39 is 0 Å². The van der Waals surface area contributed by atoms with Crippen molar-refractivity contribution in [2.45, 2.75) is 12.8 Å². The van der Waals surface area contributed by atoms with Gasteiger partial charge in [-0.15, -0.1) is 6.58 Å². The van der Waals surface area contributed by atoms with E-state index in [4.69, 9.17) is 0 Å². The van der Waals surface area contributed by atoms with Crippen LogP contribution in [0.4, 0.5) is 0 Å². The zero-order chi connectivity index (χ0) is 9.10. The van der Waals surface area contributed by atoms with Gasteiger partial charge in [-0.25, -0.2) is 0 Å². The second-order valence-corrected chi connectivity index (χ2v) is 3.36. The van der Waals surface area contributed by atoms with Crippen molar-refractivity contribution in [1.82, 2.24) is 0 Å². The molecule has 0 bridgehead atoms.